The van der Waals surface area contributed by atoms with Crippen molar-refractivity contribution in [1.82, 2.24) is 0 Å². The molecule has 0 aromatic heterocycles. The maximum atomic E-state index is 13.1. The first kappa shape index (κ1) is 102. The molecule has 0 aliphatic carbocycles. The Labute approximate surface area is 638 Å². The van der Waals surface area contributed by atoms with Gasteiger partial charge in [0.25, 0.3) is 0 Å². The minimum absolute atomic E-state index is 0.105. The highest BCUT2D eigenvalue weighted by Crippen LogP contribution is 2.45. The van der Waals surface area contributed by atoms with Crippen LogP contribution in [0.3, 0.4) is 0 Å². The highest BCUT2D eigenvalue weighted by molar-refractivity contribution is 7.47. The van der Waals surface area contributed by atoms with Gasteiger partial charge in [-0.1, -0.05) is 401 Å². The minimum atomic E-state index is -4.97. The third-order valence-electron chi connectivity index (χ3n) is 20.7. The lowest BCUT2D eigenvalue weighted by Crippen LogP contribution is -2.30. The summed E-state index contributed by atoms with van der Waals surface area (Å²) in [6, 6.07) is 0. The molecule has 0 radical (unpaired) electrons. The Kier molecular flexibility index (Phi) is 75.0. The fourth-order valence-electron chi connectivity index (χ4n) is 13.2. The van der Waals surface area contributed by atoms with Crippen molar-refractivity contribution in [3.05, 3.63) is 0 Å². The Morgan fingerprint density at radius 1 is 0.269 bits per heavy atom. The molecule has 0 aromatic rings. The SMILES string of the molecule is CCCCCCCCCCCCCCCCCCCCCCC(=O)OC[C@H](COP(=O)(O)OC[C@@H](O)COP(=O)(O)OC[C@@H](COC(=O)CCCCCCCCCCC(C)CC)OC(=O)CCCCCCCCCCC(C)CC)OC(=O)CCCCCCCCCCCCCCCCCCCCCC. The van der Waals surface area contributed by atoms with E-state index in [2.05, 4.69) is 41.5 Å². The summed E-state index contributed by atoms with van der Waals surface area (Å²) in [5, 5.41) is 10.7. The first-order valence-corrected chi connectivity index (χ1v) is 47.1. The molecule has 4 unspecified atom stereocenters. The predicted octanol–water partition coefficient (Wildman–Crippen LogP) is 25.8. The van der Waals surface area contributed by atoms with Crippen molar-refractivity contribution in [3.63, 3.8) is 0 Å². The van der Waals surface area contributed by atoms with Crippen molar-refractivity contribution >= 4 is 39.5 Å². The summed E-state index contributed by atoms with van der Waals surface area (Å²) in [5.41, 5.74) is 0. The lowest BCUT2D eigenvalue weighted by molar-refractivity contribution is -0.161. The molecular formula is C85H166O17P2. The van der Waals surface area contributed by atoms with Crippen molar-refractivity contribution in [2.45, 2.75) is 471 Å². The van der Waals surface area contributed by atoms with Crippen LogP contribution in [0.2, 0.25) is 0 Å². The van der Waals surface area contributed by atoms with Crippen LogP contribution in [-0.2, 0) is 65.4 Å². The lowest BCUT2D eigenvalue weighted by atomic mass is 9.99. The summed E-state index contributed by atoms with van der Waals surface area (Å²) < 4.78 is 68.9. The van der Waals surface area contributed by atoms with E-state index < -0.39 is 97.5 Å². The molecule has 0 fully saturated rings. The Hall–Kier alpha value is -1.94. The average Bonchev–Trinajstić information content (AvgIpc) is 0.909. The van der Waals surface area contributed by atoms with Crippen LogP contribution in [0.15, 0.2) is 0 Å². The van der Waals surface area contributed by atoms with Crippen molar-refractivity contribution in [1.29, 1.82) is 0 Å². The minimum Gasteiger partial charge on any atom is -0.462 e. The normalized spacial score (nSPS) is 14.4. The molecule has 19 heteroatoms. The van der Waals surface area contributed by atoms with Crippen LogP contribution >= 0.6 is 15.6 Å². The zero-order valence-electron chi connectivity index (χ0n) is 68.3. The van der Waals surface area contributed by atoms with Gasteiger partial charge in [-0.25, -0.2) is 9.13 Å². The van der Waals surface area contributed by atoms with Crippen LogP contribution < -0.4 is 0 Å². The van der Waals surface area contributed by atoms with Crippen molar-refractivity contribution < 1.29 is 80.2 Å². The second-order valence-corrected chi connectivity index (χ2v) is 34.0. The number of aliphatic hydroxyl groups excluding tert-OH is 1. The number of aliphatic hydroxyl groups is 1. The topological polar surface area (TPSA) is 237 Å². The van der Waals surface area contributed by atoms with E-state index in [4.69, 9.17) is 37.0 Å². The second kappa shape index (κ2) is 76.4. The molecule has 0 bridgehead atoms. The molecule has 3 N–H and O–H groups in total. The monoisotopic (exact) mass is 1520 g/mol. The quantitative estimate of drug-likeness (QED) is 0.0222. The lowest BCUT2D eigenvalue weighted by Gasteiger charge is -2.21. The second-order valence-electron chi connectivity index (χ2n) is 31.1. The number of phosphoric ester groups is 2. The average molecular weight is 1520 g/mol. The van der Waals surface area contributed by atoms with Gasteiger partial charge in [0.15, 0.2) is 12.2 Å². The van der Waals surface area contributed by atoms with Crippen molar-refractivity contribution in [3.8, 4) is 0 Å². The highest BCUT2D eigenvalue weighted by atomic mass is 31.2. The van der Waals surface area contributed by atoms with Gasteiger partial charge in [-0.2, -0.15) is 0 Å². The molecule has 0 aliphatic heterocycles. The molecule has 0 rings (SSSR count). The molecule has 17 nitrogen and oxygen atoms in total. The molecular weight excluding hydrogens is 1350 g/mol. The summed E-state index contributed by atoms with van der Waals surface area (Å²) in [5.74, 6) is -0.560. The van der Waals surface area contributed by atoms with E-state index in [-0.39, 0.29) is 25.7 Å². The zero-order chi connectivity index (χ0) is 76.4. The van der Waals surface area contributed by atoms with E-state index in [1.807, 2.05) is 0 Å². The molecule has 0 amide bonds. The summed E-state index contributed by atoms with van der Waals surface area (Å²) in [7, 11) is -9.93. The van der Waals surface area contributed by atoms with Gasteiger partial charge in [0, 0.05) is 25.7 Å². The number of esters is 4. The maximum Gasteiger partial charge on any atom is 0.472 e. The van der Waals surface area contributed by atoms with Crippen molar-refractivity contribution in [2.75, 3.05) is 39.6 Å². The van der Waals surface area contributed by atoms with Gasteiger partial charge in [-0.05, 0) is 37.5 Å². The van der Waals surface area contributed by atoms with Gasteiger partial charge in [0.2, 0.25) is 0 Å². The Morgan fingerprint density at radius 2 is 0.462 bits per heavy atom. The fraction of sp³-hybridized carbons (Fsp3) is 0.953. The van der Waals surface area contributed by atoms with Gasteiger partial charge in [0.05, 0.1) is 26.4 Å². The smallest absolute Gasteiger partial charge is 0.462 e. The number of ether oxygens (including phenoxy) is 4. The summed E-state index contributed by atoms with van der Waals surface area (Å²) in [4.78, 5) is 73.2. The molecule has 618 valence electrons. The zero-order valence-corrected chi connectivity index (χ0v) is 70.1. The van der Waals surface area contributed by atoms with Gasteiger partial charge < -0.3 is 33.8 Å². The highest BCUT2D eigenvalue weighted by Gasteiger charge is 2.30. The number of rotatable bonds is 84. The molecule has 0 aliphatic rings. The van der Waals surface area contributed by atoms with E-state index >= 15 is 0 Å². The van der Waals surface area contributed by atoms with E-state index in [0.29, 0.717) is 25.7 Å². The summed E-state index contributed by atoms with van der Waals surface area (Å²) in [6.07, 6.45) is 68.1. The number of phosphoric acid groups is 2. The number of carbonyl (C=O) groups is 4. The molecule has 0 saturated carbocycles. The Balaban J connectivity index is 5.23. The van der Waals surface area contributed by atoms with Crippen LogP contribution in [0.1, 0.15) is 452 Å². The maximum absolute atomic E-state index is 13.1. The Morgan fingerprint density at radius 3 is 0.683 bits per heavy atom. The fourth-order valence-corrected chi connectivity index (χ4v) is 14.8. The van der Waals surface area contributed by atoms with E-state index in [9.17, 15) is 43.2 Å². The number of hydrogen-bond acceptors (Lipinski definition) is 15. The molecule has 0 heterocycles. The third kappa shape index (κ3) is 75.5. The van der Waals surface area contributed by atoms with Gasteiger partial charge in [-0.15, -0.1) is 0 Å². The van der Waals surface area contributed by atoms with Gasteiger partial charge in [-0.3, -0.25) is 37.3 Å². The largest absolute Gasteiger partial charge is 0.472 e. The Bertz CT molecular complexity index is 2000. The molecule has 0 aromatic carbocycles. The van der Waals surface area contributed by atoms with Crippen LogP contribution in [0.5, 0.6) is 0 Å². The number of carbonyl (C=O) groups excluding carboxylic acids is 4. The molecule has 0 saturated heterocycles. The predicted molar refractivity (Wildman–Crippen MR) is 428 cm³/mol. The first-order chi connectivity index (χ1) is 50.4. The molecule has 0 spiro atoms. The first-order valence-electron chi connectivity index (χ1n) is 44.1. The van der Waals surface area contributed by atoms with Crippen LogP contribution in [0, 0.1) is 11.8 Å². The van der Waals surface area contributed by atoms with Crippen LogP contribution in [0.25, 0.3) is 0 Å². The van der Waals surface area contributed by atoms with Gasteiger partial charge >= 0.3 is 39.5 Å². The van der Waals surface area contributed by atoms with Crippen LogP contribution in [0.4, 0.5) is 0 Å². The summed E-state index contributed by atoms with van der Waals surface area (Å²) >= 11 is 0. The van der Waals surface area contributed by atoms with E-state index in [0.717, 1.165) is 102 Å². The van der Waals surface area contributed by atoms with Crippen molar-refractivity contribution in [2.24, 2.45) is 11.8 Å². The number of unbranched alkanes of at least 4 members (excludes halogenated alkanes) is 52. The standard InChI is InChI=1S/C85H166O17P2/c1-7-11-13-15-17-19-21-23-25-27-29-31-33-35-37-39-41-49-55-61-67-82(87)95-73-80(101-84(89)69-63-57-51-42-40-38-36-34-32-30-28-26-24-22-20-18-16-14-12-8-2)75-99-103(91,92)97-71-79(86)72-98-104(93,94)100-76-81(102-85(90)70-64-58-52-46-44-48-54-60-66-78(6)10-4)74-96-83(88)68-62-56-50-45-43-47-53-59-65-77(5)9-3/h77-81,86H,7-76H2,1-6H3,(H,91,92)(H,93,94)/t77?,78?,79-,80-,81-/m1/s1. The van der Waals surface area contributed by atoms with E-state index in [1.54, 1.807) is 0 Å². The summed E-state index contributed by atoms with van der Waals surface area (Å²) in [6.45, 7) is 9.65. The van der Waals surface area contributed by atoms with E-state index in [1.165, 1.54) is 270 Å². The van der Waals surface area contributed by atoms with Crippen LogP contribution in [-0.4, -0.2) is 96.7 Å². The number of hydrogen-bond donors (Lipinski definition) is 3. The molecule has 7 atom stereocenters. The third-order valence-corrected chi connectivity index (χ3v) is 22.6. The van der Waals surface area contributed by atoms with Gasteiger partial charge in [0.1, 0.15) is 19.3 Å². The molecule has 104 heavy (non-hydrogen) atoms.